The largest absolute Gasteiger partial charge is 0.467 e. The van der Waals surface area contributed by atoms with E-state index >= 15 is 0 Å². The highest BCUT2D eigenvalue weighted by Crippen LogP contribution is 2.41. The first-order chi connectivity index (χ1) is 13.0. The van der Waals surface area contributed by atoms with Crippen LogP contribution in [0, 0.1) is 11.3 Å². The van der Waals surface area contributed by atoms with Crippen LogP contribution in [0.1, 0.15) is 57.9 Å². The van der Waals surface area contributed by atoms with E-state index in [9.17, 15) is 4.79 Å². The van der Waals surface area contributed by atoms with Gasteiger partial charge in [0.05, 0.1) is 7.11 Å². The average Bonchev–Trinajstić information content (AvgIpc) is 2.69. The Morgan fingerprint density at radius 3 is 2.26 bits per heavy atom. The molecule has 1 spiro atoms. The van der Waals surface area contributed by atoms with Crippen molar-refractivity contribution >= 4 is 5.91 Å². The fraction of sp³-hybridized carbons (Fsp3) is 0.762. The number of nitrogens with zero attached hydrogens (tertiary/aromatic N) is 4. The Bertz CT molecular complexity index is 599. The summed E-state index contributed by atoms with van der Waals surface area (Å²) in [6.07, 6.45) is 10.2. The monoisotopic (exact) mass is 374 g/mol. The Labute approximate surface area is 163 Å². The minimum absolute atomic E-state index is 0.357. The molecule has 0 aliphatic carbocycles. The molecule has 0 unspecified atom stereocenters. The molecular formula is C21H34N4O2. The number of piperidine rings is 2. The number of aromatic nitrogens is 2. The second-order valence-electron chi connectivity index (χ2n) is 8.67. The van der Waals surface area contributed by atoms with Crippen molar-refractivity contribution in [2.45, 2.75) is 58.9 Å². The van der Waals surface area contributed by atoms with Gasteiger partial charge in [0.1, 0.15) is 0 Å². The van der Waals surface area contributed by atoms with Crippen LogP contribution in [-0.2, 0) is 11.3 Å². The molecule has 6 heteroatoms. The summed E-state index contributed by atoms with van der Waals surface area (Å²) in [5.41, 5.74) is 1.58. The van der Waals surface area contributed by atoms with Crippen molar-refractivity contribution in [2.75, 3.05) is 33.3 Å². The van der Waals surface area contributed by atoms with E-state index in [1.54, 1.807) is 7.11 Å². The summed E-state index contributed by atoms with van der Waals surface area (Å²) in [7, 11) is 1.59. The number of amides is 1. The van der Waals surface area contributed by atoms with E-state index in [2.05, 4.69) is 33.6 Å². The van der Waals surface area contributed by atoms with Crippen molar-refractivity contribution in [3.8, 4) is 6.01 Å². The van der Waals surface area contributed by atoms with Crippen molar-refractivity contribution in [1.29, 1.82) is 0 Å². The lowest BCUT2D eigenvalue weighted by Gasteiger charge is -2.47. The number of carbonyl (C=O) groups excluding carboxylic acids is 1. The molecule has 2 aliphatic heterocycles. The smallest absolute Gasteiger partial charge is 0.316 e. The van der Waals surface area contributed by atoms with Gasteiger partial charge < -0.3 is 9.64 Å². The molecule has 0 saturated carbocycles. The number of hydrogen-bond acceptors (Lipinski definition) is 5. The zero-order chi connectivity index (χ0) is 19.3. The molecule has 0 aromatic carbocycles. The van der Waals surface area contributed by atoms with Gasteiger partial charge in [0, 0.05) is 44.0 Å². The number of hydrogen-bond donors (Lipinski definition) is 0. The molecule has 0 atom stereocenters. The highest BCUT2D eigenvalue weighted by molar-refractivity contribution is 5.76. The molecule has 1 aromatic rings. The minimum Gasteiger partial charge on any atom is -0.467 e. The van der Waals surface area contributed by atoms with Crippen LogP contribution in [0.2, 0.25) is 0 Å². The zero-order valence-corrected chi connectivity index (χ0v) is 17.1. The third-order valence-electron chi connectivity index (χ3n) is 6.30. The van der Waals surface area contributed by atoms with Crippen molar-refractivity contribution in [2.24, 2.45) is 11.3 Å². The quantitative estimate of drug-likeness (QED) is 0.766. The predicted molar refractivity (Wildman–Crippen MR) is 105 cm³/mol. The normalized spacial score (nSPS) is 20.2. The van der Waals surface area contributed by atoms with Crippen LogP contribution in [0.5, 0.6) is 6.01 Å². The van der Waals surface area contributed by atoms with Gasteiger partial charge in [0.25, 0.3) is 0 Å². The molecule has 1 amide bonds. The zero-order valence-electron chi connectivity index (χ0n) is 17.1. The summed E-state index contributed by atoms with van der Waals surface area (Å²) in [6.45, 7) is 9.40. The van der Waals surface area contributed by atoms with Crippen molar-refractivity contribution in [3.05, 3.63) is 18.0 Å². The summed E-state index contributed by atoms with van der Waals surface area (Å²) in [4.78, 5) is 25.4. The molecule has 0 radical (unpaired) electrons. The Kier molecular flexibility index (Phi) is 6.68. The molecule has 3 rings (SSSR count). The van der Waals surface area contributed by atoms with Crippen LogP contribution < -0.4 is 4.74 Å². The van der Waals surface area contributed by atoms with Gasteiger partial charge in [-0.25, -0.2) is 9.97 Å². The lowest BCUT2D eigenvalue weighted by atomic mass is 9.71. The second kappa shape index (κ2) is 9.00. The highest BCUT2D eigenvalue weighted by atomic mass is 16.5. The first kappa shape index (κ1) is 20.1. The van der Waals surface area contributed by atoms with E-state index in [-0.39, 0.29) is 0 Å². The van der Waals surface area contributed by atoms with E-state index in [0.29, 0.717) is 29.7 Å². The Hall–Kier alpha value is -1.69. The van der Waals surface area contributed by atoms with E-state index in [0.717, 1.165) is 44.7 Å². The summed E-state index contributed by atoms with van der Waals surface area (Å²) >= 11 is 0. The summed E-state index contributed by atoms with van der Waals surface area (Å²) in [6, 6.07) is 0.422. The number of carbonyl (C=O) groups is 1. The van der Waals surface area contributed by atoms with E-state index < -0.39 is 0 Å². The van der Waals surface area contributed by atoms with Gasteiger partial charge in [0.2, 0.25) is 5.91 Å². The maximum absolute atomic E-state index is 12.4. The molecule has 2 aliphatic rings. The van der Waals surface area contributed by atoms with E-state index in [1.807, 2.05) is 12.4 Å². The van der Waals surface area contributed by atoms with Crippen molar-refractivity contribution in [3.63, 3.8) is 0 Å². The SMILES string of the molecule is COc1ncc(CN2CCC3(CC2)CCN(C(=O)CCC(C)C)CC3)cn1. The van der Waals surface area contributed by atoms with Crippen LogP contribution in [0.25, 0.3) is 0 Å². The minimum atomic E-state index is 0.357. The first-order valence-electron chi connectivity index (χ1n) is 10.3. The highest BCUT2D eigenvalue weighted by Gasteiger charge is 2.38. The topological polar surface area (TPSA) is 58.6 Å². The van der Waals surface area contributed by atoms with Crippen LogP contribution in [0.15, 0.2) is 12.4 Å². The standard InChI is InChI=1S/C21H34N4O2/c1-17(2)4-5-19(26)25-12-8-21(9-13-25)6-10-24(11-7-21)16-18-14-22-20(27-3)23-15-18/h14-15,17H,4-13,16H2,1-3H3. The number of likely N-dealkylation sites (tertiary alicyclic amines) is 2. The lowest BCUT2D eigenvalue weighted by molar-refractivity contribution is -0.134. The molecule has 3 heterocycles. The van der Waals surface area contributed by atoms with Crippen LogP contribution in [0.4, 0.5) is 0 Å². The summed E-state index contributed by atoms with van der Waals surface area (Å²) in [5, 5.41) is 0. The molecule has 27 heavy (non-hydrogen) atoms. The van der Waals surface area contributed by atoms with Gasteiger partial charge in [-0.05, 0) is 56.5 Å². The Balaban J connectivity index is 1.43. The molecule has 150 valence electrons. The second-order valence-corrected chi connectivity index (χ2v) is 8.67. The lowest BCUT2D eigenvalue weighted by Crippen LogP contribution is -2.48. The molecule has 2 saturated heterocycles. The number of ether oxygens (including phenoxy) is 1. The molecule has 0 N–H and O–H groups in total. The third kappa shape index (κ3) is 5.41. The van der Waals surface area contributed by atoms with E-state index in [1.165, 1.54) is 25.7 Å². The fourth-order valence-electron chi connectivity index (χ4n) is 4.27. The molecule has 2 fully saturated rings. The van der Waals surface area contributed by atoms with Gasteiger partial charge in [-0.2, -0.15) is 0 Å². The van der Waals surface area contributed by atoms with Crippen molar-refractivity contribution in [1.82, 2.24) is 19.8 Å². The van der Waals surface area contributed by atoms with Gasteiger partial charge in [-0.15, -0.1) is 0 Å². The van der Waals surface area contributed by atoms with Crippen LogP contribution in [0.3, 0.4) is 0 Å². The molecule has 1 aromatic heterocycles. The fourth-order valence-corrected chi connectivity index (χ4v) is 4.27. The maximum atomic E-state index is 12.4. The third-order valence-corrected chi connectivity index (χ3v) is 6.30. The Morgan fingerprint density at radius 1 is 1.11 bits per heavy atom. The molecule has 0 bridgehead atoms. The van der Waals surface area contributed by atoms with Gasteiger partial charge in [0.15, 0.2) is 0 Å². The van der Waals surface area contributed by atoms with E-state index in [4.69, 9.17) is 4.74 Å². The average molecular weight is 375 g/mol. The first-order valence-corrected chi connectivity index (χ1v) is 10.3. The Morgan fingerprint density at radius 2 is 1.70 bits per heavy atom. The predicted octanol–water partition coefficient (Wildman–Crippen LogP) is 3.13. The number of rotatable bonds is 6. The maximum Gasteiger partial charge on any atom is 0.316 e. The molecule has 6 nitrogen and oxygen atoms in total. The number of methoxy groups -OCH3 is 1. The summed E-state index contributed by atoms with van der Waals surface area (Å²) in [5.74, 6) is 0.959. The van der Waals surface area contributed by atoms with Crippen LogP contribution >= 0.6 is 0 Å². The van der Waals surface area contributed by atoms with Crippen LogP contribution in [-0.4, -0.2) is 59.0 Å². The molecular weight excluding hydrogens is 340 g/mol. The van der Waals surface area contributed by atoms with Gasteiger partial charge in [-0.3, -0.25) is 9.69 Å². The van der Waals surface area contributed by atoms with Gasteiger partial charge >= 0.3 is 6.01 Å². The van der Waals surface area contributed by atoms with Gasteiger partial charge in [-0.1, -0.05) is 13.8 Å². The summed E-state index contributed by atoms with van der Waals surface area (Å²) < 4.78 is 5.02. The van der Waals surface area contributed by atoms with Crippen molar-refractivity contribution < 1.29 is 9.53 Å².